The number of hydrogen-bond donors (Lipinski definition) is 0. The predicted octanol–water partition coefficient (Wildman–Crippen LogP) is 2.24. The standard InChI is InChI=1S/C19H20N6O2/c1-12-18(13(2)27-24-12)17-9-22-16(8-23-17)5-14-3-4-25(10-14)19(26)15-6-20-11-21-7-15/h6-9,11,14H,3-5,10H2,1-2H3/t14-/m0/s1. The number of carbonyl (C=O) groups is 1. The highest BCUT2D eigenvalue weighted by atomic mass is 16.5. The SMILES string of the molecule is Cc1noc(C)c1-c1cnc(C[C@@H]2CCN(C(=O)c3cncnc3)C2)cn1. The van der Waals surface area contributed by atoms with Gasteiger partial charge in [0.25, 0.3) is 5.91 Å². The van der Waals surface area contributed by atoms with Crippen LogP contribution in [0.3, 0.4) is 0 Å². The molecule has 1 atom stereocenters. The molecule has 0 bridgehead atoms. The smallest absolute Gasteiger partial charge is 0.256 e. The van der Waals surface area contributed by atoms with Crippen molar-refractivity contribution in [1.29, 1.82) is 0 Å². The summed E-state index contributed by atoms with van der Waals surface area (Å²) in [5.74, 6) is 1.10. The first-order valence-corrected chi connectivity index (χ1v) is 8.90. The Kier molecular flexibility index (Phi) is 4.62. The minimum Gasteiger partial charge on any atom is -0.361 e. The molecule has 8 nitrogen and oxygen atoms in total. The highest BCUT2D eigenvalue weighted by molar-refractivity contribution is 5.93. The summed E-state index contributed by atoms with van der Waals surface area (Å²) in [4.78, 5) is 31.3. The third-order valence-electron chi connectivity index (χ3n) is 4.87. The highest BCUT2D eigenvalue weighted by Gasteiger charge is 2.27. The van der Waals surface area contributed by atoms with Crippen LogP contribution in [0.2, 0.25) is 0 Å². The molecule has 0 radical (unpaired) electrons. The lowest BCUT2D eigenvalue weighted by atomic mass is 10.0. The van der Waals surface area contributed by atoms with Crippen LogP contribution in [-0.2, 0) is 6.42 Å². The minimum atomic E-state index is -0.0158. The normalized spacial score (nSPS) is 16.7. The molecule has 4 heterocycles. The van der Waals surface area contributed by atoms with Gasteiger partial charge in [0.15, 0.2) is 0 Å². The molecule has 0 unspecified atom stereocenters. The molecule has 138 valence electrons. The maximum absolute atomic E-state index is 12.5. The molecule has 0 saturated carbocycles. The summed E-state index contributed by atoms with van der Waals surface area (Å²) in [5.41, 5.74) is 3.93. The van der Waals surface area contributed by atoms with Crippen LogP contribution in [0.15, 0.2) is 35.6 Å². The zero-order chi connectivity index (χ0) is 18.8. The molecule has 1 amide bonds. The van der Waals surface area contributed by atoms with Gasteiger partial charge in [-0.2, -0.15) is 0 Å². The molecule has 1 saturated heterocycles. The molecule has 3 aromatic rings. The Hall–Kier alpha value is -3.16. The molecule has 0 aromatic carbocycles. The van der Waals surface area contributed by atoms with Gasteiger partial charge in [-0.05, 0) is 32.6 Å². The molecule has 1 fully saturated rings. The Morgan fingerprint density at radius 3 is 2.67 bits per heavy atom. The van der Waals surface area contributed by atoms with Gasteiger partial charge in [0.2, 0.25) is 0 Å². The van der Waals surface area contributed by atoms with E-state index in [1.54, 1.807) is 24.8 Å². The quantitative estimate of drug-likeness (QED) is 0.700. The first-order valence-electron chi connectivity index (χ1n) is 8.90. The van der Waals surface area contributed by atoms with Crippen LogP contribution in [0.5, 0.6) is 0 Å². The van der Waals surface area contributed by atoms with Gasteiger partial charge in [-0.1, -0.05) is 5.16 Å². The van der Waals surface area contributed by atoms with Gasteiger partial charge >= 0.3 is 0 Å². The van der Waals surface area contributed by atoms with E-state index in [2.05, 4.69) is 25.1 Å². The zero-order valence-corrected chi connectivity index (χ0v) is 15.3. The van der Waals surface area contributed by atoms with Crippen LogP contribution >= 0.6 is 0 Å². The van der Waals surface area contributed by atoms with E-state index in [-0.39, 0.29) is 5.91 Å². The Morgan fingerprint density at radius 1 is 1.19 bits per heavy atom. The summed E-state index contributed by atoms with van der Waals surface area (Å²) >= 11 is 0. The molecule has 0 aliphatic carbocycles. The lowest BCUT2D eigenvalue weighted by Gasteiger charge is -2.16. The molecule has 27 heavy (non-hydrogen) atoms. The van der Waals surface area contributed by atoms with E-state index in [9.17, 15) is 4.79 Å². The van der Waals surface area contributed by atoms with Crippen molar-refractivity contribution >= 4 is 5.91 Å². The highest BCUT2D eigenvalue weighted by Crippen LogP contribution is 2.25. The second-order valence-electron chi connectivity index (χ2n) is 6.83. The summed E-state index contributed by atoms with van der Waals surface area (Å²) < 4.78 is 5.19. The van der Waals surface area contributed by atoms with Crippen LogP contribution in [0, 0.1) is 19.8 Å². The van der Waals surface area contributed by atoms with Crippen molar-refractivity contribution in [3.8, 4) is 11.3 Å². The van der Waals surface area contributed by atoms with Crippen molar-refractivity contribution in [2.75, 3.05) is 13.1 Å². The lowest BCUT2D eigenvalue weighted by Crippen LogP contribution is -2.29. The molecule has 0 N–H and O–H groups in total. The fraction of sp³-hybridized carbons (Fsp3) is 0.368. The number of carbonyl (C=O) groups excluding carboxylic acids is 1. The fourth-order valence-electron chi connectivity index (χ4n) is 3.51. The van der Waals surface area contributed by atoms with Crippen molar-refractivity contribution in [2.24, 2.45) is 5.92 Å². The van der Waals surface area contributed by atoms with Crippen LogP contribution in [-0.4, -0.2) is 49.0 Å². The third-order valence-corrected chi connectivity index (χ3v) is 4.87. The van der Waals surface area contributed by atoms with E-state index >= 15 is 0 Å². The Labute approximate surface area is 156 Å². The number of amides is 1. The number of nitrogens with zero attached hydrogens (tertiary/aromatic N) is 6. The number of aromatic nitrogens is 5. The number of aryl methyl sites for hydroxylation is 2. The number of rotatable bonds is 4. The maximum atomic E-state index is 12.5. The van der Waals surface area contributed by atoms with Crippen molar-refractivity contribution in [3.63, 3.8) is 0 Å². The second-order valence-corrected chi connectivity index (χ2v) is 6.83. The molecule has 1 aliphatic rings. The van der Waals surface area contributed by atoms with Gasteiger partial charge in [-0.25, -0.2) is 9.97 Å². The van der Waals surface area contributed by atoms with E-state index in [1.165, 1.54) is 6.33 Å². The summed E-state index contributed by atoms with van der Waals surface area (Å²) in [7, 11) is 0. The summed E-state index contributed by atoms with van der Waals surface area (Å²) in [5, 5.41) is 3.96. The van der Waals surface area contributed by atoms with Crippen molar-refractivity contribution in [3.05, 3.63) is 53.8 Å². The van der Waals surface area contributed by atoms with Gasteiger partial charge in [-0.3, -0.25) is 14.8 Å². The average Bonchev–Trinajstić information content (AvgIpc) is 3.29. The molecule has 4 rings (SSSR count). The summed E-state index contributed by atoms with van der Waals surface area (Å²) in [6.07, 6.45) is 9.85. The average molecular weight is 364 g/mol. The Balaban J connectivity index is 1.40. The van der Waals surface area contributed by atoms with E-state index in [4.69, 9.17) is 4.52 Å². The van der Waals surface area contributed by atoms with Gasteiger partial charge in [0, 0.05) is 31.7 Å². The van der Waals surface area contributed by atoms with Gasteiger partial charge in [-0.15, -0.1) is 0 Å². The van der Waals surface area contributed by atoms with E-state index in [0.717, 1.165) is 47.8 Å². The summed E-state index contributed by atoms with van der Waals surface area (Å²) in [6.45, 7) is 5.21. The van der Waals surface area contributed by atoms with E-state index in [1.807, 2.05) is 18.7 Å². The Morgan fingerprint density at radius 2 is 2.00 bits per heavy atom. The molecule has 1 aliphatic heterocycles. The molecule has 0 spiro atoms. The van der Waals surface area contributed by atoms with Crippen molar-refractivity contribution < 1.29 is 9.32 Å². The van der Waals surface area contributed by atoms with Gasteiger partial charge in [0.1, 0.15) is 12.1 Å². The zero-order valence-electron chi connectivity index (χ0n) is 15.3. The predicted molar refractivity (Wildman–Crippen MR) is 96.7 cm³/mol. The first kappa shape index (κ1) is 17.3. The maximum Gasteiger partial charge on any atom is 0.256 e. The summed E-state index contributed by atoms with van der Waals surface area (Å²) in [6, 6.07) is 0. The number of likely N-dealkylation sites (tertiary alicyclic amines) is 1. The minimum absolute atomic E-state index is 0.0158. The second kappa shape index (κ2) is 7.22. The van der Waals surface area contributed by atoms with E-state index in [0.29, 0.717) is 18.0 Å². The van der Waals surface area contributed by atoms with Gasteiger partial charge in [0.05, 0.1) is 34.4 Å². The van der Waals surface area contributed by atoms with Crippen LogP contribution in [0.25, 0.3) is 11.3 Å². The monoisotopic (exact) mass is 364 g/mol. The number of hydrogen-bond acceptors (Lipinski definition) is 7. The lowest BCUT2D eigenvalue weighted by molar-refractivity contribution is 0.0786. The van der Waals surface area contributed by atoms with Crippen LogP contribution < -0.4 is 0 Å². The topological polar surface area (TPSA) is 97.9 Å². The first-order chi connectivity index (χ1) is 13.1. The van der Waals surface area contributed by atoms with E-state index < -0.39 is 0 Å². The molecular weight excluding hydrogens is 344 g/mol. The molecular formula is C19H20N6O2. The van der Waals surface area contributed by atoms with Crippen molar-refractivity contribution in [1.82, 2.24) is 30.0 Å². The van der Waals surface area contributed by atoms with Crippen LogP contribution in [0.1, 0.15) is 33.9 Å². The third kappa shape index (κ3) is 3.55. The Bertz CT molecular complexity index is 919. The fourth-order valence-corrected chi connectivity index (χ4v) is 3.51. The van der Waals surface area contributed by atoms with Crippen molar-refractivity contribution in [2.45, 2.75) is 26.7 Å². The largest absolute Gasteiger partial charge is 0.361 e. The molecule has 3 aromatic heterocycles. The van der Waals surface area contributed by atoms with Crippen LogP contribution in [0.4, 0.5) is 0 Å². The molecule has 8 heteroatoms. The van der Waals surface area contributed by atoms with Gasteiger partial charge < -0.3 is 9.42 Å².